The van der Waals surface area contributed by atoms with Gasteiger partial charge in [0.1, 0.15) is 15.9 Å². The van der Waals surface area contributed by atoms with Gasteiger partial charge in [0, 0.05) is 7.05 Å². The van der Waals surface area contributed by atoms with Gasteiger partial charge in [0.15, 0.2) is 7.41 Å². The van der Waals surface area contributed by atoms with Gasteiger partial charge in [-0.05, 0) is 88.9 Å². The minimum atomic E-state index is -2.30. The summed E-state index contributed by atoms with van der Waals surface area (Å²) in [5, 5.41) is 4.10. The molecular weight excluding hydrogens is 500 g/mol. The zero-order valence-corrected chi connectivity index (χ0v) is 25.8. The predicted molar refractivity (Wildman–Crippen MR) is 179 cm³/mol. The van der Waals surface area contributed by atoms with Crippen LogP contribution >= 0.6 is 7.41 Å². The molecule has 0 atom stereocenters. The molecule has 1 nitrogen and oxygen atoms in total. The van der Waals surface area contributed by atoms with E-state index in [9.17, 15) is 0 Å². The number of hydrogen-bond donors (Lipinski definition) is 0. The minimum Gasteiger partial charge on any atom is -0.199 e. The average Bonchev–Trinajstić information content (AvgIpc) is 2.93. The summed E-state index contributed by atoms with van der Waals surface area (Å²) in [6, 6.07) is 43.0. The topological polar surface area (TPSA) is 3.24 Å². The van der Waals surface area contributed by atoms with Crippen LogP contribution in [0.1, 0.15) is 33.4 Å². The maximum atomic E-state index is 2.75. The Hall–Kier alpha value is -3.45. The van der Waals surface area contributed by atoms with Gasteiger partial charge in [0.05, 0.1) is 0 Å². The van der Waals surface area contributed by atoms with Crippen LogP contribution in [-0.2, 0) is 0 Å². The molecule has 5 rings (SSSR count). The van der Waals surface area contributed by atoms with Crippen molar-refractivity contribution < 1.29 is 0 Å². The predicted octanol–water partition coefficient (Wildman–Crippen LogP) is 6.48. The van der Waals surface area contributed by atoms with Crippen molar-refractivity contribution in [1.82, 2.24) is 4.58 Å². The first-order valence-corrected chi connectivity index (χ1v) is 15.9. The zero-order chi connectivity index (χ0) is 28.4. The van der Waals surface area contributed by atoms with Gasteiger partial charge in [-0.15, -0.1) is 0 Å². The van der Waals surface area contributed by atoms with Crippen LogP contribution in [0.4, 0.5) is 0 Å². The van der Waals surface area contributed by atoms with Crippen LogP contribution < -0.4 is 26.8 Å². The molecule has 0 N–H and O–H groups in total. The van der Waals surface area contributed by atoms with E-state index in [-0.39, 0.29) is 6.85 Å². The maximum Gasteiger partial charge on any atom is 0.337 e. The lowest BCUT2D eigenvalue weighted by Crippen LogP contribution is -2.61. The van der Waals surface area contributed by atoms with Gasteiger partial charge in [-0.3, -0.25) is 0 Å². The molecule has 40 heavy (non-hydrogen) atoms. The summed E-state index contributed by atoms with van der Waals surface area (Å²) in [5.74, 6) is 0. The van der Waals surface area contributed by atoms with Gasteiger partial charge in [-0.2, -0.15) is 4.58 Å². The monoisotopic (exact) mass is 540 g/mol. The number of nitrogens with zero attached hydrogens (tertiary/aromatic N) is 1. The summed E-state index contributed by atoms with van der Waals surface area (Å²) in [6.45, 7) is 13.7. The van der Waals surface area contributed by atoms with Gasteiger partial charge >= 0.3 is 6.85 Å². The zero-order valence-electron chi connectivity index (χ0n) is 24.9. The molecule has 0 fully saturated rings. The summed E-state index contributed by atoms with van der Waals surface area (Å²) in [7, 11) is 0.0768. The minimum absolute atomic E-state index is 0.0650. The molecular formula is C37H40BNP+. The highest BCUT2D eigenvalue weighted by Crippen LogP contribution is 2.58. The SMILES string of the molecule is Cc1cc(C)c(B(c2c(C)cc(C)cc2C)N(C)[P+](c2ccccc2)(c2ccccc2)c2ccccc2)c(C)c1. The van der Waals surface area contributed by atoms with Crippen LogP contribution in [-0.4, -0.2) is 18.5 Å². The fourth-order valence-electron chi connectivity index (χ4n) is 6.86. The molecule has 0 radical (unpaired) electrons. The van der Waals surface area contributed by atoms with E-state index >= 15 is 0 Å². The van der Waals surface area contributed by atoms with Gasteiger partial charge in [0.25, 0.3) is 0 Å². The van der Waals surface area contributed by atoms with Crippen molar-refractivity contribution in [2.75, 3.05) is 7.05 Å². The molecule has 0 bridgehead atoms. The third-order valence-corrected chi connectivity index (χ3v) is 12.6. The van der Waals surface area contributed by atoms with E-state index in [2.05, 4.69) is 168 Å². The number of hydrogen-bond acceptors (Lipinski definition) is 1. The Morgan fingerprint density at radius 2 is 0.725 bits per heavy atom. The highest BCUT2D eigenvalue weighted by Gasteiger charge is 2.54. The van der Waals surface area contributed by atoms with Crippen LogP contribution in [0.3, 0.4) is 0 Å². The van der Waals surface area contributed by atoms with Crippen molar-refractivity contribution in [3.8, 4) is 0 Å². The molecule has 0 amide bonds. The second kappa shape index (κ2) is 11.6. The Bertz CT molecular complexity index is 1410. The average molecular weight is 541 g/mol. The van der Waals surface area contributed by atoms with E-state index < -0.39 is 7.41 Å². The van der Waals surface area contributed by atoms with Crippen LogP contribution in [0.15, 0.2) is 115 Å². The van der Waals surface area contributed by atoms with E-state index in [4.69, 9.17) is 0 Å². The smallest absolute Gasteiger partial charge is 0.199 e. The second-order valence-electron chi connectivity index (χ2n) is 11.2. The molecule has 200 valence electrons. The summed E-state index contributed by atoms with van der Waals surface area (Å²) < 4.78 is 2.75. The van der Waals surface area contributed by atoms with E-state index in [1.807, 2.05) is 0 Å². The van der Waals surface area contributed by atoms with Gasteiger partial charge in [0.2, 0.25) is 0 Å². The Balaban J connectivity index is 1.94. The normalized spacial score (nSPS) is 11.6. The molecule has 5 aromatic rings. The lowest BCUT2D eigenvalue weighted by molar-refractivity contribution is 0.860. The number of benzene rings is 5. The fourth-order valence-corrected chi connectivity index (χ4v) is 11.2. The lowest BCUT2D eigenvalue weighted by Gasteiger charge is -2.40. The molecule has 0 aliphatic heterocycles. The van der Waals surface area contributed by atoms with E-state index in [1.54, 1.807) is 0 Å². The molecule has 0 heterocycles. The van der Waals surface area contributed by atoms with Crippen molar-refractivity contribution in [1.29, 1.82) is 0 Å². The lowest BCUT2D eigenvalue weighted by atomic mass is 9.46. The second-order valence-corrected chi connectivity index (χ2v) is 14.7. The first-order valence-electron chi connectivity index (χ1n) is 14.2. The van der Waals surface area contributed by atoms with Gasteiger partial charge in [-0.25, -0.2) is 0 Å². The molecule has 0 aliphatic rings. The summed E-state index contributed by atoms with van der Waals surface area (Å²) in [4.78, 5) is 0. The van der Waals surface area contributed by atoms with Crippen LogP contribution in [0.25, 0.3) is 0 Å². The summed E-state index contributed by atoms with van der Waals surface area (Å²) in [5.41, 5.74) is 10.8. The van der Waals surface area contributed by atoms with E-state index in [0.29, 0.717) is 0 Å². The quantitative estimate of drug-likeness (QED) is 0.169. The molecule has 0 saturated heterocycles. The first kappa shape index (κ1) is 28.1. The summed E-state index contributed by atoms with van der Waals surface area (Å²) >= 11 is 0. The van der Waals surface area contributed by atoms with Crippen molar-refractivity contribution in [2.45, 2.75) is 41.5 Å². The van der Waals surface area contributed by atoms with E-state index in [1.165, 1.54) is 60.2 Å². The standard InChI is InChI=1S/C37H40BNP/c1-27-23-29(3)36(30(4)24-27)38(37-31(5)25-28(2)26-32(37)6)39(7)40(33-17-11-8-12-18-33,34-19-13-9-14-20-34)35-21-15-10-16-22-35/h8-26H,1-7H3/q+1. The third-order valence-electron chi connectivity index (χ3n) is 8.26. The highest BCUT2D eigenvalue weighted by atomic mass is 31.2. The molecule has 0 spiro atoms. The Kier molecular flexibility index (Phi) is 8.13. The van der Waals surface area contributed by atoms with E-state index in [0.717, 1.165) is 0 Å². The van der Waals surface area contributed by atoms with Gasteiger partial charge < -0.3 is 0 Å². The fraction of sp³-hybridized carbons (Fsp3) is 0.189. The summed E-state index contributed by atoms with van der Waals surface area (Å²) in [6.07, 6.45) is 0. The molecule has 3 heteroatoms. The highest BCUT2D eigenvalue weighted by molar-refractivity contribution is 7.94. The number of aryl methyl sites for hydroxylation is 6. The van der Waals surface area contributed by atoms with Crippen molar-refractivity contribution >= 4 is 41.1 Å². The van der Waals surface area contributed by atoms with Crippen LogP contribution in [0.5, 0.6) is 0 Å². The molecule has 0 aliphatic carbocycles. The maximum absolute atomic E-state index is 2.75. The molecule has 0 saturated carbocycles. The molecule has 0 aromatic heterocycles. The molecule has 0 unspecified atom stereocenters. The van der Waals surface area contributed by atoms with Crippen molar-refractivity contribution in [2.24, 2.45) is 0 Å². The Morgan fingerprint density at radius 1 is 0.450 bits per heavy atom. The van der Waals surface area contributed by atoms with Crippen LogP contribution in [0.2, 0.25) is 0 Å². The largest absolute Gasteiger partial charge is 0.337 e. The molecule has 5 aromatic carbocycles. The van der Waals surface area contributed by atoms with Crippen molar-refractivity contribution in [3.05, 3.63) is 149 Å². The van der Waals surface area contributed by atoms with Crippen LogP contribution in [0, 0.1) is 41.5 Å². The Labute approximate surface area is 242 Å². The third kappa shape index (κ3) is 4.96. The number of rotatable bonds is 7. The van der Waals surface area contributed by atoms with Crippen molar-refractivity contribution in [3.63, 3.8) is 0 Å². The van der Waals surface area contributed by atoms with Gasteiger partial charge in [-0.1, -0.05) is 112 Å². The first-order chi connectivity index (χ1) is 19.2. The Morgan fingerprint density at radius 3 is 1.00 bits per heavy atom.